The molecular weight excluding hydrogens is 182 g/mol. The zero-order valence-corrected chi connectivity index (χ0v) is 8.34. The monoisotopic (exact) mass is 194 g/mol. The number of halogens is 1. The molecule has 4 heteroatoms. The van der Waals surface area contributed by atoms with Crippen LogP contribution in [0.15, 0.2) is 18.2 Å². The Labute approximate surface area is 83.5 Å². The van der Waals surface area contributed by atoms with E-state index in [0.717, 1.165) is 5.46 Å². The van der Waals surface area contributed by atoms with Crippen LogP contribution in [0.3, 0.4) is 0 Å². The molecule has 0 heterocycles. The molecule has 1 aromatic carbocycles. The van der Waals surface area contributed by atoms with Crippen molar-refractivity contribution in [2.45, 2.75) is 13.3 Å². The average Bonchev–Trinajstić information content (AvgIpc) is 2.19. The number of rotatable bonds is 4. The zero-order chi connectivity index (χ0) is 10.6. The normalized spacial score (nSPS) is 9.86. The van der Waals surface area contributed by atoms with Crippen LogP contribution in [0.5, 0.6) is 5.75 Å². The Kier molecular flexibility index (Phi) is 3.68. The van der Waals surface area contributed by atoms with Crippen molar-refractivity contribution in [3.05, 3.63) is 24.0 Å². The summed E-state index contributed by atoms with van der Waals surface area (Å²) in [5.41, 5.74) is 0.908. The molecule has 0 fully saturated rings. The first-order valence-electron chi connectivity index (χ1n) is 4.54. The molecule has 0 aliphatic carbocycles. The van der Waals surface area contributed by atoms with Crippen LogP contribution in [0.2, 0.25) is 0 Å². The molecule has 0 saturated carbocycles. The maximum atomic E-state index is 13.1. The van der Waals surface area contributed by atoms with Gasteiger partial charge in [-0.2, -0.15) is 0 Å². The molecule has 0 aromatic heterocycles. The molecule has 0 amide bonds. The predicted octanol–water partition coefficient (Wildman–Crippen LogP) is 0.442. The van der Waals surface area contributed by atoms with Gasteiger partial charge in [-0.15, -0.1) is 0 Å². The summed E-state index contributed by atoms with van der Waals surface area (Å²) in [7, 11) is 1.84. The van der Waals surface area contributed by atoms with Crippen LogP contribution in [0.1, 0.15) is 13.3 Å². The quantitative estimate of drug-likeness (QED) is 0.650. The predicted molar refractivity (Wildman–Crippen MR) is 55.4 cm³/mol. The summed E-state index contributed by atoms with van der Waals surface area (Å²) in [6.45, 7) is 1.69. The second-order valence-corrected chi connectivity index (χ2v) is 3.11. The second kappa shape index (κ2) is 4.79. The number of hydrogen-bond donors (Lipinski definition) is 0. The Morgan fingerprint density at radius 2 is 2.29 bits per heavy atom. The molecule has 14 heavy (non-hydrogen) atoms. The molecular formula is C10H12BFO2. The highest BCUT2D eigenvalue weighted by Gasteiger charge is 2.05. The van der Waals surface area contributed by atoms with Gasteiger partial charge in [-0.3, -0.25) is 4.79 Å². The van der Waals surface area contributed by atoms with E-state index in [1.807, 2.05) is 7.85 Å². The van der Waals surface area contributed by atoms with Crippen molar-refractivity contribution in [3.8, 4) is 5.75 Å². The molecule has 2 nitrogen and oxygen atoms in total. The average molecular weight is 194 g/mol. The summed E-state index contributed by atoms with van der Waals surface area (Å²) in [6, 6.07) is 4.57. The van der Waals surface area contributed by atoms with Crippen molar-refractivity contribution in [2.24, 2.45) is 0 Å². The van der Waals surface area contributed by atoms with Crippen LogP contribution < -0.4 is 10.2 Å². The van der Waals surface area contributed by atoms with E-state index >= 15 is 0 Å². The van der Waals surface area contributed by atoms with Gasteiger partial charge in [-0.05, 0) is 12.1 Å². The van der Waals surface area contributed by atoms with Crippen LogP contribution >= 0.6 is 0 Å². The number of carbonyl (C=O) groups is 1. The van der Waals surface area contributed by atoms with Gasteiger partial charge in [0.05, 0.1) is 0 Å². The molecule has 0 N–H and O–H groups in total. The third-order valence-corrected chi connectivity index (χ3v) is 1.87. The van der Waals surface area contributed by atoms with E-state index in [4.69, 9.17) is 4.74 Å². The van der Waals surface area contributed by atoms with Gasteiger partial charge >= 0.3 is 0 Å². The Hall–Kier alpha value is -1.32. The van der Waals surface area contributed by atoms with Crippen molar-refractivity contribution >= 4 is 19.1 Å². The molecule has 0 unspecified atom stereocenters. The van der Waals surface area contributed by atoms with E-state index < -0.39 is 5.82 Å². The van der Waals surface area contributed by atoms with E-state index in [1.165, 1.54) is 6.07 Å². The van der Waals surface area contributed by atoms with Crippen molar-refractivity contribution < 1.29 is 13.9 Å². The Bertz CT molecular complexity index is 339. The number of Topliss-reactive ketones (excluding diaryl/α,β-unsaturated/α-hetero) is 1. The summed E-state index contributed by atoms with van der Waals surface area (Å²) in [5.74, 6) is -0.322. The van der Waals surface area contributed by atoms with Gasteiger partial charge in [-0.25, -0.2) is 4.39 Å². The summed E-state index contributed by atoms with van der Waals surface area (Å²) >= 11 is 0. The molecule has 0 atom stereocenters. The number of ketones is 1. The van der Waals surface area contributed by atoms with E-state index in [9.17, 15) is 9.18 Å². The second-order valence-electron chi connectivity index (χ2n) is 3.11. The minimum absolute atomic E-state index is 0.0362. The van der Waals surface area contributed by atoms with E-state index in [-0.39, 0.29) is 18.1 Å². The van der Waals surface area contributed by atoms with Gasteiger partial charge < -0.3 is 4.74 Å². The first-order valence-corrected chi connectivity index (χ1v) is 4.54. The van der Waals surface area contributed by atoms with Crippen LogP contribution in [0, 0.1) is 5.82 Å². The molecule has 0 aliphatic heterocycles. The number of hydrogen-bond acceptors (Lipinski definition) is 2. The van der Waals surface area contributed by atoms with Gasteiger partial charge in [0, 0.05) is 6.42 Å². The van der Waals surface area contributed by atoms with Crippen LogP contribution in [0.25, 0.3) is 0 Å². The van der Waals surface area contributed by atoms with Gasteiger partial charge in [0.15, 0.2) is 17.3 Å². The zero-order valence-electron chi connectivity index (χ0n) is 8.34. The fraction of sp³-hybridized carbons (Fsp3) is 0.300. The van der Waals surface area contributed by atoms with Crippen molar-refractivity contribution in [3.63, 3.8) is 0 Å². The Morgan fingerprint density at radius 3 is 2.93 bits per heavy atom. The molecule has 1 rings (SSSR count). The summed E-state index contributed by atoms with van der Waals surface area (Å²) in [6.07, 6.45) is 0.410. The lowest BCUT2D eigenvalue weighted by Gasteiger charge is -2.06. The van der Waals surface area contributed by atoms with Crippen LogP contribution in [-0.4, -0.2) is 20.2 Å². The lowest BCUT2D eigenvalue weighted by Crippen LogP contribution is -2.12. The topological polar surface area (TPSA) is 26.3 Å². The molecule has 0 radical (unpaired) electrons. The largest absolute Gasteiger partial charge is 0.483 e. The SMILES string of the molecule is Bc1ccc(F)c(OCC(=O)CC)c1. The minimum atomic E-state index is -0.431. The summed E-state index contributed by atoms with van der Waals surface area (Å²) in [4.78, 5) is 10.9. The maximum Gasteiger partial charge on any atom is 0.169 e. The highest BCUT2D eigenvalue weighted by Crippen LogP contribution is 2.13. The van der Waals surface area contributed by atoms with E-state index in [1.54, 1.807) is 19.1 Å². The third kappa shape index (κ3) is 2.87. The number of ether oxygens (including phenoxy) is 1. The minimum Gasteiger partial charge on any atom is -0.483 e. The Morgan fingerprint density at radius 1 is 1.57 bits per heavy atom. The maximum absolute atomic E-state index is 13.1. The molecule has 1 aromatic rings. The first-order chi connectivity index (χ1) is 6.63. The van der Waals surface area contributed by atoms with Crippen LogP contribution in [0.4, 0.5) is 4.39 Å². The molecule has 74 valence electrons. The van der Waals surface area contributed by atoms with Crippen molar-refractivity contribution in [1.29, 1.82) is 0 Å². The van der Waals surface area contributed by atoms with E-state index in [0.29, 0.717) is 6.42 Å². The number of benzene rings is 1. The third-order valence-electron chi connectivity index (χ3n) is 1.87. The molecule has 0 bridgehead atoms. The molecule has 0 aliphatic rings. The van der Waals surface area contributed by atoms with Gasteiger partial charge in [0.2, 0.25) is 0 Å². The smallest absolute Gasteiger partial charge is 0.169 e. The lowest BCUT2D eigenvalue weighted by atomic mass is 9.96. The summed E-state index contributed by atoms with van der Waals surface area (Å²) in [5, 5.41) is 0. The van der Waals surface area contributed by atoms with Gasteiger partial charge in [-0.1, -0.05) is 18.5 Å². The van der Waals surface area contributed by atoms with Crippen LogP contribution in [-0.2, 0) is 4.79 Å². The first kappa shape index (κ1) is 10.8. The molecule has 0 spiro atoms. The fourth-order valence-corrected chi connectivity index (χ4v) is 0.981. The van der Waals surface area contributed by atoms with Crippen molar-refractivity contribution in [2.75, 3.05) is 6.61 Å². The number of carbonyl (C=O) groups excluding carboxylic acids is 1. The van der Waals surface area contributed by atoms with Crippen molar-refractivity contribution in [1.82, 2.24) is 0 Å². The Balaban J connectivity index is 2.66. The van der Waals surface area contributed by atoms with Gasteiger partial charge in [0.1, 0.15) is 14.5 Å². The van der Waals surface area contributed by atoms with E-state index in [2.05, 4.69) is 0 Å². The van der Waals surface area contributed by atoms with Gasteiger partial charge in [0.25, 0.3) is 0 Å². The molecule has 0 saturated heterocycles. The highest BCUT2D eigenvalue weighted by molar-refractivity contribution is 6.32. The fourth-order valence-electron chi connectivity index (χ4n) is 0.981. The standard InChI is InChI=1S/C10H12BFO2/c1-2-8(13)6-14-10-5-7(11)3-4-9(10)12/h3-5H,2,6,11H2,1H3. The summed E-state index contributed by atoms with van der Waals surface area (Å²) < 4.78 is 18.1. The highest BCUT2D eigenvalue weighted by atomic mass is 19.1. The lowest BCUT2D eigenvalue weighted by molar-refractivity contribution is -0.120.